The van der Waals surface area contributed by atoms with E-state index in [2.05, 4.69) is 10.3 Å². The highest BCUT2D eigenvalue weighted by Crippen LogP contribution is 2.21. The number of aromatic nitrogens is 1. The smallest absolute Gasteiger partial charge is 0.371 e. The Labute approximate surface area is 116 Å². The predicted molar refractivity (Wildman–Crippen MR) is 73.1 cm³/mol. The number of nitrogens with one attached hydrogen (secondary N) is 1. The number of carboxylic acid groups (broad SMARTS) is 1. The molecule has 20 heavy (non-hydrogen) atoms. The molecule has 6 heteroatoms. The minimum Gasteiger partial charge on any atom is -0.478 e. The van der Waals surface area contributed by atoms with Crippen LogP contribution in [0.25, 0.3) is 0 Å². The topological polar surface area (TPSA) is 84.6 Å². The van der Waals surface area contributed by atoms with Gasteiger partial charge in [0.15, 0.2) is 0 Å². The van der Waals surface area contributed by atoms with Gasteiger partial charge < -0.3 is 19.6 Å². The Morgan fingerprint density at radius 1 is 1.45 bits per heavy atom. The van der Waals surface area contributed by atoms with Crippen molar-refractivity contribution in [2.45, 2.75) is 19.9 Å². The van der Waals surface area contributed by atoms with Crippen LogP contribution in [0.1, 0.15) is 36.2 Å². The van der Waals surface area contributed by atoms with Crippen LogP contribution in [0.5, 0.6) is 5.88 Å². The monoisotopic (exact) mass is 276 g/mol. The van der Waals surface area contributed by atoms with Crippen LogP contribution in [-0.2, 0) is 0 Å². The van der Waals surface area contributed by atoms with Crippen LogP contribution in [0.15, 0.2) is 34.9 Å². The largest absolute Gasteiger partial charge is 0.478 e. The average Bonchev–Trinajstić information content (AvgIpc) is 2.91. The second-order valence-corrected chi connectivity index (χ2v) is 4.19. The fraction of sp³-hybridized carbons (Fsp3) is 0.286. The fourth-order valence-corrected chi connectivity index (χ4v) is 1.72. The van der Waals surface area contributed by atoms with E-state index >= 15 is 0 Å². The number of hydrogen-bond donors (Lipinski definition) is 2. The normalized spacial score (nSPS) is 11.9. The van der Waals surface area contributed by atoms with Crippen molar-refractivity contribution in [1.82, 2.24) is 4.98 Å². The lowest BCUT2D eigenvalue weighted by Gasteiger charge is -2.12. The Bertz CT molecular complexity index is 577. The molecule has 106 valence electrons. The number of aromatic carboxylic acids is 1. The Morgan fingerprint density at radius 3 is 2.80 bits per heavy atom. The van der Waals surface area contributed by atoms with Gasteiger partial charge in [0, 0.05) is 6.07 Å². The van der Waals surface area contributed by atoms with E-state index in [0.29, 0.717) is 18.2 Å². The summed E-state index contributed by atoms with van der Waals surface area (Å²) in [5.74, 6) is -0.0298. The molecule has 2 aromatic rings. The number of hydrogen-bond acceptors (Lipinski definition) is 5. The lowest BCUT2D eigenvalue weighted by molar-refractivity contribution is 0.0660. The van der Waals surface area contributed by atoms with Crippen molar-refractivity contribution in [3.63, 3.8) is 0 Å². The molecule has 2 aromatic heterocycles. The molecule has 0 radical (unpaired) electrons. The third kappa shape index (κ3) is 3.28. The zero-order valence-corrected chi connectivity index (χ0v) is 11.3. The third-order valence-electron chi connectivity index (χ3n) is 2.68. The Morgan fingerprint density at radius 2 is 2.25 bits per heavy atom. The standard InChI is InChI=1S/C14H16N2O4/c1-3-19-13-7-4-10(8-15-13)16-9(2)11-5-6-12(20-11)14(17)18/h4-9,16H,3H2,1-2H3,(H,17,18). The molecule has 2 heterocycles. The molecule has 2 rings (SSSR count). The van der Waals surface area contributed by atoms with Crippen molar-refractivity contribution in [3.8, 4) is 5.88 Å². The van der Waals surface area contributed by atoms with Gasteiger partial charge in [0.05, 0.1) is 24.5 Å². The van der Waals surface area contributed by atoms with Crippen LogP contribution in [0.4, 0.5) is 5.69 Å². The molecule has 2 N–H and O–H groups in total. The number of ether oxygens (including phenoxy) is 1. The van der Waals surface area contributed by atoms with Gasteiger partial charge >= 0.3 is 5.97 Å². The lowest BCUT2D eigenvalue weighted by Crippen LogP contribution is -2.06. The zero-order chi connectivity index (χ0) is 14.5. The zero-order valence-electron chi connectivity index (χ0n) is 11.3. The van der Waals surface area contributed by atoms with E-state index in [4.69, 9.17) is 14.3 Å². The highest BCUT2D eigenvalue weighted by Gasteiger charge is 2.14. The fourth-order valence-electron chi connectivity index (χ4n) is 1.72. The summed E-state index contributed by atoms with van der Waals surface area (Å²) >= 11 is 0. The number of carboxylic acids is 1. The minimum absolute atomic E-state index is 0.0709. The molecule has 0 spiro atoms. The molecule has 0 aliphatic carbocycles. The molecule has 0 aliphatic heterocycles. The van der Waals surface area contributed by atoms with Crippen molar-refractivity contribution >= 4 is 11.7 Å². The summed E-state index contributed by atoms with van der Waals surface area (Å²) in [6.45, 7) is 4.34. The molecular weight excluding hydrogens is 260 g/mol. The van der Waals surface area contributed by atoms with Crippen molar-refractivity contribution in [1.29, 1.82) is 0 Å². The number of anilines is 1. The summed E-state index contributed by atoms with van der Waals surface area (Å²) in [6, 6.07) is 6.52. The van der Waals surface area contributed by atoms with Gasteiger partial charge in [-0.05, 0) is 32.0 Å². The molecule has 0 aliphatic rings. The van der Waals surface area contributed by atoms with E-state index in [1.54, 1.807) is 18.3 Å². The summed E-state index contributed by atoms with van der Waals surface area (Å²) < 4.78 is 10.5. The van der Waals surface area contributed by atoms with Gasteiger partial charge in [-0.2, -0.15) is 0 Å². The Hall–Kier alpha value is -2.50. The van der Waals surface area contributed by atoms with Crippen LogP contribution in [0.2, 0.25) is 0 Å². The predicted octanol–water partition coefficient (Wildman–Crippen LogP) is 2.94. The average molecular weight is 276 g/mol. The van der Waals surface area contributed by atoms with Gasteiger partial charge in [0.1, 0.15) is 5.76 Å². The van der Waals surface area contributed by atoms with Crippen LogP contribution < -0.4 is 10.1 Å². The molecule has 1 unspecified atom stereocenters. The first kappa shape index (κ1) is 13.9. The summed E-state index contributed by atoms with van der Waals surface area (Å²) in [5, 5.41) is 12.0. The maximum Gasteiger partial charge on any atom is 0.371 e. The van der Waals surface area contributed by atoms with Gasteiger partial charge in [-0.25, -0.2) is 9.78 Å². The summed E-state index contributed by atoms with van der Waals surface area (Å²) in [5.41, 5.74) is 0.800. The van der Waals surface area contributed by atoms with Gasteiger partial charge in [0.25, 0.3) is 0 Å². The second kappa shape index (κ2) is 6.10. The van der Waals surface area contributed by atoms with Crippen LogP contribution in [-0.4, -0.2) is 22.7 Å². The van der Waals surface area contributed by atoms with Crippen LogP contribution in [0, 0.1) is 0 Å². The number of rotatable bonds is 6. The van der Waals surface area contributed by atoms with E-state index in [-0.39, 0.29) is 11.8 Å². The van der Waals surface area contributed by atoms with Crippen molar-refractivity contribution in [3.05, 3.63) is 42.0 Å². The van der Waals surface area contributed by atoms with E-state index in [1.165, 1.54) is 6.07 Å². The van der Waals surface area contributed by atoms with Crippen LogP contribution in [0.3, 0.4) is 0 Å². The summed E-state index contributed by atoms with van der Waals surface area (Å²) in [6.07, 6.45) is 1.66. The highest BCUT2D eigenvalue weighted by molar-refractivity contribution is 5.84. The van der Waals surface area contributed by atoms with Crippen molar-refractivity contribution in [2.24, 2.45) is 0 Å². The van der Waals surface area contributed by atoms with E-state index in [1.807, 2.05) is 19.9 Å². The molecule has 1 atom stereocenters. The Kier molecular flexibility index (Phi) is 4.24. The van der Waals surface area contributed by atoms with Crippen molar-refractivity contribution in [2.75, 3.05) is 11.9 Å². The third-order valence-corrected chi connectivity index (χ3v) is 2.68. The number of carbonyl (C=O) groups is 1. The van der Waals surface area contributed by atoms with Gasteiger partial charge in [-0.1, -0.05) is 0 Å². The van der Waals surface area contributed by atoms with Crippen molar-refractivity contribution < 1.29 is 19.1 Å². The first-order chi connectivity index (χ1) is 9.60. The van der Waals surface area contributed by atoms with E-state index < -0.39 is 5.97 Å². The quantitative estimate of drug-likeness (QED) is 0.843. The van der Waals surface area contributed by atoms with Gasteiger partial charge in [-0.15, -0.1) is 0 Å². The minimum atomic E-state index is -1.08. The molecule has 0 fully saturated rings. The number of nitrogens with zero attached hydrogens (tertiary/aromatic N) is 1. The van der Waals surface area contributed by atoms with Crippen LogP contribution >= 0.6 is 0 Å². The van der Waals surface area contributed by atoms with Gasteiger partial charge in [0.2, 0.25) is 11.6 Å². The first-order valence-electron chi connectivity index (χ1n) is 6.28. The molecule has 0 saturated carbocycles. The molecule has 0 aromatic carbocycles. The molecule has 0 bridgehead atoms. The van der Waals surface area contributed by atoms with Gasteiger partial charge in [-0.3, -0.25) is 0 Å². The molecule has 0 saturated heterocycles. The molecule has 0 amide bonds. The van der Waals surface area contributed by atoms with E-state index in [9.17, 15) is 4.79 Å². The molecule has 6 nitrogen and oxygen atoms in total. The maximum absolute atomic E-state index is 10.8. The summed E-state index contributed by atoms with van der Waals surface area (Å²) in [4.78, 5) is 14.9. The number of pyridine rings is 1. The Balaban J connectivity index is 2.02. The maximum atomic E-state index is 10.8. The molecular formula is C14H16N2O4. The SMILES string of the molecule is CCOc1ccc(NC(C)c2ccc(C(=O)O)o2)cn1. The lowest BCUT2D eigenvalue weighted by atomic mass is 10.2. The number of furan rings is 1. The first-order valence-corrected chi connectivity index (χ1v) is 6.28. The summed E-state index contributed by atoms with van der Waals surface area (Å²) in [7, 11) is 0. The second-order valence-electron chi connectivity index (χ2n) is 4.19. The highest BCUT2D eigenvalue weighted by atomic mass is 16.5. The van der Waals surface area contributed by atoms with E-state index in [0.717, 1.165) is 5.69 Å².